The number of carbonyl (C=O) groups is 1. The predicted molar refractivity (Wildman–Crippen MR) is 65.3 cm³/mol. The van der Waals surface area contributed by atoms with Crippen LogP contribution < -0.4 is 4.72 Å². The summed E-state index contributed by atoms with van der Waals surface area (Å²) in [6, 6.07) is 2.87. The summed E-state index contributed by atoms with van der Waals surface area (Å²) in [5.41, 5.74) is 0. The van der Waals surface area contributed by atoms with E-state index >= 15 is 0 Å². The standard InChI is InChI=1S/C11H16N2O4S/c1-2-17-8-4-6-11(14)13-18(15,16)10-5-3-7-12-9-10/h3,5,7,9H,2,4,6,8H2,1H3,(H,13,14). The van der Waals surface area contributed by atoms with E-state index in [9.17, 15) is 13.2 Å². The van der Waals surface area contributed by atoms with Crippen molar-refractivity contribution >= 4 is 15.9 Å². The van der Waals surface area contributed by atoms with Crippen molar-refractivity contribution in [2.75, 3.05) is 13.2 Å². The molecule has 1 aromatic heterocycles. The van der Waals surface area contributed by atoms with Crippen LogP contribution in [0.25, 0.3) is 0 Å². The summed E-state index contributed by atoms with van der Waals surface area (Å²) in [6.45, 7) is 2.87. The second-order valence-electron chi connectivity index (χ2n) is 3.52. The fourth-order valence-corrected chi connectivity index (χ4v) is 2.22. The smallest absolute Gasteiger partial charge is 0.265 e. The third-order valence-electron chi connectivity index (χ3n) is 2.09. The van der Waals surface area contributed by atoms with E-state index in [0.29, 0.717) is 19.6 Å². The van der Waals surface area contributed by atoms with Gasteiger partial charge in [0.05, 0.1) is 0 Å². The molecule has 100 valence electrons. The molecule has 0 bridgehead atoms. The van der Waals surface area contributed by atoms with Gasteiger partial charge in [-0.3, -0.25) is 9.78 Å². The lowest BCUT2D eigenvalue weighted by molar-refractivity contribution is -0.119. The molecular formula is C11H16N2O4S. The van der Waals surface area contributed by atoms with Crippen LogP contribution in [0.5, 0.6) is 0 Å². The zero-order valence-corrected chi connectivity index (χ0v) is 10.9. The highest BCUT2D eigenvalue weighted by Gasteiger charge is 2.16. The van der Waals surface area contributed by atoms with Crippen molar-refractivity contribution in [2.45, 2.75) is 24.7 Å². The Morgan fingerprint density at radius 3 is 2.89 bits per heavy atom. The highest BCUT2D eigenvalue weighted by molar-refractivity contribution is 7.90. The molecule has 0 aromatic carbocycles. The van der Waals surface area contributed by atoms with E-state index < -0.39 is 15.9 Å². The molecule has 0 saturated heterocycles. The number of hydrogen-bond donors (Lipinski definition) is 1. The number of rotatable bonds is 7. The molecule has 0 atom stereocenters. The first-order valence-corrected chi connectivity index (χ1v) is 7.08. The molecule has 0 aliphatic carbocycles. The minimum atomic E-state index is -3.81. The van der Waals surface area contributed by atoms with Crippen molar-refractivity contribution in [3.05, 3.63) is 24.5 Å². The van der Waals surface area contributed by atoms with Gasteiger partial charge in [-0.25, -0.2) is 13.1 Å². The number of ether oxygens (including phenoxy) is 1. The average molecular weight is 272 g/mol. The molecule has 0 unspecified atom stereocenters. The average Bonchev–Trinajstić information content (AvgIpc) is 2.35. The Morgan fingerprint density at radius 1 is 1.50 bits per heavy atom. The molecule has 0 saturated carbocycles. The predicted octanol–water partition coefficient (Wildman–Crippen LogP) is 0.703. The second-order valence-corrected chi connectivity index (χ2v) is 5.20. The molecule has 6 nitrogen and oxygen atoms in total. The third kappa shape index (κ3) is 4.80. The molecule has 1 N–H and O–H groups in total. The Morgan fingerprint density at radius 2 is 2.28 bits per heavy atom. The van der Waals surface area contributed by atoms with Crippen LogP contribution in [-0.2, 0) is 19.6 Å². The van der Waals surface area contributed by atoms with Crippen molar-refractivity contribution in [1.82, 2.24) is 9.71 Å². The van der Waals surface area contributed by atoms with Gasteiger partial charge in [0.2, 0.25) is 5.91 Å². The van der Waals surface area contributed by atoms with E-state index in [2.05, 4.69) is 4.98 Å². The molecule has 7 heteroatoms. The Labute approximate surface area is 106 Å². The lowest BCUT2D eigenvalue weighted by Gasteiger charge is -2.06. The lowest BCUT2D eigenvalue weighted by atomic mass is 10.3. The number of aromatic nitrogens is 1. The van der Waals surface area contributed by atoms with Gasteiger partial charge in [-0.15, -0.1) is 0 Å². The number of nitrogens with one attached hydrogen (secondary N) is 1. The van der Waals surface area contributed by atoms with Crippen molar-refractivity contribution in [3.63, 3.8) is 0 Å². The first kappa shape index (κ1) is 14.6. The van der Waals surface area contributed by atoms with Crippen LogP contribution >= 0.6 is 0 Å². The van der Waals surface area contributed by atoms with Crippen LogP contribution in [0, 0.1) is 0 Å². The number of pyridine rings is 1. The number of sulfonamides is 1. The normalized spacial score (nSPS) is 11.2. The van der Waals surface area contributed by atoms with Gasteiger partial charge in [0.15, 0.2) is 0 Å². The topological polar surface area (TPSA) is 85.4 Å². The van der Waals surface area contributed by atoms with E-state index in [1.54, 1.807) is 0 Å². The molecule has 0 fully saturated rings. The van der Waals surface area contributed by atoms with Gasteiger partial charge in [-0.05, 0) is 25.5 Å². The van der Waals surface area contributed by atoms with E-state index in [-0.39, 0.29) is 11.3 Å². The summed E-state index contributed by atoms with van der Waals surface area (Å²) in [5.74, 6) is -0.543. The van der Waals surface area contributed by atoms with Crippen LogP contribution in [0.2, 0.25) is 0 Å². The lowest BCUT2D eigenvalue weighted by Crippen LogP contribution is -2.30. The fourth-order valence-electron chi connectivity index (χ4n) is 1.24. The number of amides is 1. The highest BCUT2D eigenvalue weighted by Crippen LogP contribution is 2.05. The first-order valence-electron chi connectivity index (χ1n) is 5.59. The molecule has 1 heterocycles. The number of hydrogen-bond acceptors (Lipinski definition) is 5. The van der Waals surface area contributed by atoms with E-state index in [1.165, 1.54) is 24.5 Å². The van der Waals surface area contributed by atoms with Crippen LogP contribution in [0.15, 0.2) is 29.4 Å². The van der Waals surface area contributed by atoms with Gasteiger partial charge < -0.3 is 4.74 Å². The van der Waals surface area contributed by atoms with Crippen molar-refractivity contribution < 1.29 is 17.9 Å². The maximum Gasteiger partial charge on any atom is 0.265 e. The van der Waals surface area contributed by atoms with E-state index in [1.807, 2.05) is 11.6 Å². The minimum Gasteiger partial charge on any atom is -0.382 e. The molecule has 1 rings (SSSR count). The maximum atomic E-state index is 11.7. The molecule has 0 aliphatic heterocycles. The van der Waals surface area contributed by atoms with Gasteiger partial charge in [0.1, 0.15) is 4.90 Å². The summed E-state index contributed by atoms with van der Waals surface area (Å²) >= 11 is 0. The highest BCUT2D eigenvalue weighted by atomic mass is 32.2. The molecule has 0 radical (unpaired) electrons. The Hall–Kier alpha value is -1.47. The Balaban J connectivity index is 2.49. The first-order chi connectivity index (χ1) is 8.56. The van der Waals surface area contributed by atoms with Gasteiger partial charge in [-0.1, -0.05) is 0 Å². The Bertz CT molecular complexity index is 473. The number of nitrogens with zero attached hydrogens (tertiary/aromatic N) is 1. The van der Waals surface area contributed by atoms with Crippen LogP contribution in [0.4, 0.5) is 0 Å². The molecule has 1 aromatic rings. The summed E-state index contributed by atoms with van der Waals surface area (Å²) in [5, 5.41) is 0. The molecular weight excluding hydrogens is 256 g/mol. The van der Waals surface area contributed by atoms with Crippen molar-refractivity contribution in [3.8, 4) is 0 Å². The second kappa shape index (κ2) is 7.07. The third-order valence-corrected chi connectivity index (χ3v) is 3.45. The summed E-state index contributed by atoms with van der Waals surface area (Å²) in [6.07, 6.45) is 3.25. The van der Waals surface area contributed by atoms with Gasteiger partial charge in [-0.2, -0.15) is 0 Å². The van der Waals surface area contributed by atoms with Crippen LogP contribution in [0.3, 0.4) is 0 Å². The van der Waals surface area contributed by atoms with E-state index in [0.717, 1.165) is 0 Å². The molecule has 0 spiro atoms. The SMILES string of the molecule is CCOCCCC(=O)NS(=O)(=O)c1cccnc1. The quantitative estimate of drug-likeness (QED) is 0.739. The summed E-state index contributed by atoms with van der Waals surface area (Å²) in [7, 11) is -3.81. The largest absolute Gasteiger partial charge is 0.382 e. The van der Waals surface area contributed by atoms with Crippen LogP contribution in [0.1, 0.15) is 19.8 Å². The molecule has 18 heavy (non-hydrogen) atoms. The minimum absolute atomic E-state index is 0.0249. The van der Waals surface area contributed by atoms with Crippen molar-refractivity contribution in [2.24, 2.45) is 0 Å². The summed E-state index contributed by atoms with van der Waals surface area (Å²) < 4.78 is 30.5. The zero-order valence-electron chi connectivity index (χ0n) is 10.1. The zero-order chi connectivity index (χ0) is 13.4. The van der Waals surface area contributed by atoms with Gasteiger partial charge in [0.25, 0.3) is 10.0 Å². The molecule has 1 amide bonds. The monoisotopic (exact) mass is 272 g/mol. The molecule has 0 aliphatic rings. The maximum absolute atomic E-state index is 11.7. The van der Waals surface area contributed by atoms with Crippen molar-refractivity contribution in [1.29, 1.82) is 0 Å². The Kier molecular flexibility index (Phi) is 5.73. The fraction of sp³-hybridized carbons (Fsp3) is 0.455. The van der Waals surface area contributed by atoms with Gasteiger partial charge in [0, 0.05) is 32.0 Å². The van der Waals surface area contributed by atoms with Gasteiger partial charge >= 0.3 is 0 Å². The van der Waals surface area contributed by atoms with Crippen LogP contribution in [-0.4, -0.2) is 32.5 Å². The van der Waals surface area contributed by atoms with E-state index in [4.69, 9.17) is 4.74 Å². The number of carbonyl (C=O) groups excluding carboxylic acids is 1. The summed E-state index contributed by atoms with van der Waals surface area (Å²) in [4.78, 5) is 15.1.